The molecule has 4 N–H and O–H groups in total. The molecule has 2 fully saturated rings. The number of carbonyl (C=O) groups excluding carboxylic acids is 1. The maximum Gasteiger partial charge on any atom is 0.224 e. The normalized spacial score (nSPS) is 20.0. The van der Waals surface area contributed by atoms with Gasteiger partial charge >= 0.3 is 0 Å². The van der Waals surface area contributed by atoms with Crippen LogP contribution < -0.4 is 21.3 Å². The van der Waals surface area contributed by atoms with Gasteiger partial charge in [0.2, 0.25) is 17.8 Å². The highest BCUT2D eigenvalue weighted by Crippen LogP contribution is 2.38. The number of nitrogens with zero attached hydrogens (tertiary/aromatic N) is 5. The molecule has 2 aliphatic rings. The molecule has 6 rings (SSSR count). The second-order valence-electron chi connectivity index (χ2n) is 10.6. The maximum atomic E-state index is 14.7. The van der Waals surface area contributed by atoms with E-state index in [-0.39, 0.29) is 34.6 Å². The summed E-state index contributed by atoms with van der Waals surface area (Å²) in [5.41, 5.74) is 8.22. The monoisotopic (exact) mass is 562 g/mol. The molecule has 9 nitrogen and oxygen atoms in total. The standard InChI is InChI=1S/C29H32ClFN8O/c30-22-7-4-8-23(31)25(22)36-29-35-24-17-33-28(34-19-13-15-38(16-14-19)20-5-2-1-3-6-20)37-27(24)39(29)21-11-9-18(10-12-21)26(32)40/h1-8,17-19,21H,9-16H2,(H2,32,40)(H,35,36)(H,33,34,37)/t18-,21+. The van der Waals surface area contributed by atoms with Gasteiger partial charge in [-0.15, -0.1) is 0 Å². The van der Waals surface area contributed by atoms with Crippen LogP contribution in [0.2, 0.25) is 5.02 Å². The average Bonchev–Trinajstić information content (AvgIpc) is 3.33. The lowest BCUT2D eigenvalue weighted by Gasteiger charge is -2.34. The Hall–Kier alpha value is -3.92. The van der Waals surface area contributed by atoms with Gasteiger partial charge in [0.15, 0.2) is 5.65 Å². The van der Waals surface area contributed by atoms with Crippen LogP contribution in [0.4, 0.5) is 27.7 Å². The molecule has 2 aromatic carbocycles. The van der Waals surface area contributed by atoms with Crippen molar-refractivity contribution in [2.45, 2.75) is 50.6 Å². The van der Waals surface area contributed by atoms with E-state index >= 15 is 0 Å². The van der Waals surface area contributed by atoms with Crippen LogP contribution in [0.3, 0.4) is 0 Å². The zero-order valence-corrected chi connectivity index (χ0v) is 22.8. The molecule has 0 radical (unpaired) electrons. The fourth-order valence-corrected chi connectivity index (χ4v) is 6.06. The van der Waals surface area contributed by atoms with E-state index < -0.39 is 5.82 Å². The molecule has 40 heavy (non-hydrogen) atoms. The van der Waals surface area contributed by atoms with E-state index in [1.54, 1.807) is 18.3 Å². The zero-order valence-electron chi connectivity index (χ0n) is 22.1. The predicted octanol–water partition coefficient (Wildman–Crippen LogP) is 5.66. The molecule has 1 amide bonds. The van der Waals surface area contributed by atoms with Gasteiger partial charge in [0.1, 0.15) is 11.3 Å². The molecule has 3 heterocycles. The van der Waals surface area contributed by atoms with Crippen molar-refractivity contribution in [3.05, 3.63) is 65.6 Å². The number of halogens is 2. The summed E-state index contributed by atoms with van der Waals surface area (Å²) in [5, 5.41) is 6.89. The number of rotatable bonds is 7. The zero-order chi connectivity index (χ0) is 27.6. The van der Waals surface area contributed by atoms with Gasteiger partial charge in [0.05, 0.1) is 16.9 Å². The van der Waals surface area contributed by atoms with Crippen LogP contribution >= 0.6 is 11.6 Å². The summed E-state index contributed by atoms with van der Waals surface area (Å²) in [5.74, 6) is 0.0914. The Bertz CT molecular complexity index is 1480. The Balaban J connectivity index is 1.26. The number of para-hydroxylation sites is 2. The predicted molar refractivity (Wildman–Crippen MR) is 156 cm³/mol. The smallest absolute Gasteiger partial charge is 0.224 e. The van der Waals surface area contributed by atoms with Crippen LogP contribution in [-0.4, -0.2) is 44.6 Å². The summed E-state index contributed by atoms with van der Waals surface area (Å²) in [6.45, 7) is 1.89. The van der Waals surface area contributed by atoms with Gasteiger partial charge in [-0.25, -0.2) is 14.4 Å². The van der Waals surface area contributed by atoms with E-state index in [9.17, 15) is 9.18 Å². The Kier molecular flexibility index (Phi) is 7.42. The molecule has 0 spiro atoms. The van der Waals surface area contributed by atoms with Crippen molar-refractivity contribution in [3.63, 3.8) is 0 Å². The number of nitrogens with one attached hydrogen (secondary N) is 2. The number of hydrogen-bond acceptors (Lipinski definition) is 7. The van der Waals surface area contributed by atoms with Crippen molar-refractivity contribution in [2.75, 3.05) is 28.6 Å². The number of fused-ring (bicyclic) bond motifs is 1. The Morgan fingerprint density at radius 3 is 2.42 bits per heavy atom. The first kappa shape index (κ1) is 26.3. The van der Waals surface area contributed by atoms with E-state index in [1.165, 1.54) is 11.8 Å². The number of benzene rings is 2. The number of amides is 1. The van der Waals surface area contributed by atoms with Crippen molar-refractivity contribution < 1.29 is 9.18 Å². The van der Waals surface area contributed by atoms with Gasteiger partial charge in [-0.3, -0.25) is 9.36 Å². The Morgan fingerprint density at radius 1 is 0.975 bits per heavy atom. The van der Waals surface area contributed by atoms with Crippen molar-refractivity contribution in [1.29, 1.82) is 0 Å². The second kappa shape index (κ2) is 11.3. The highest BCUT2D eigenvalue weighted by atomic mass is 35.5. The van der Waals surface area contributed by atoms with Gasteiger partial charge in [0.25, 0.3) is 0 Å². The summed E-state index contributed by atoms with van der Waals surface area (Å²) in [6, 6.07) is 15.2. The fraction of sp³-hybridized carbons (Fsp3) is 0.379. The molecule has 1 aliphatic carbocycles. The van der Waals surface area contributed by atoms with Crippen LogP contribution in [0.5, 0.6) is 0 Å². The summed E-state index contributed by atoms with van der Waals surface area (Å²) >= 11 is 6.32. The summed E-state index contributed by atoms with van der Waals surface area (Å²) in [4.78, 5) is 28.3. The number of aromatic nitrogens is 4. The number of primary amides is 1. The minimum absolute atomic E-state index is 0.00510. The van der Waals surface area contributed by atoms with E-state index in [1.807, 2.05) is 10.6 Å². The third-order valence-corrected chi connectivity index (χ3v) is 8.36. The van der Waals surface area contributed by atoms with Crippen LogP contribution in [0.15, 0.2) is 54.7 Å². The van der Waals surface area contributed by atoms with Crippen molar-refractivity contribution >= 4 is 51.9 Å². The highest BCUT2D eigenvalue weighted by Gasteiger charge is 2.30. The first-order valence-corrected chi connectivity index (χ1v) is 14.2. The number of piperidine rings is 1. The number of nitrogens with two attached hydrogens (primary N) is 1. The fourth-order valence-electron chi connectivity index (χ4n) is 5.85. The molecule has 11 heteroatoms. The van der Waals surface area contributed by atoms with Crippen LogP contribution in [0.1, 0.15) is 44.6 Å². The Labute approximate surface area is 237 Å². The lowest BCUT2D eigenvalue weighted by molar-refractivity contribution is -0.122. The molecule has 0 atom stereocenters. The topological polar surface area (TPSA) is 114 Å². The first-order valence-electron chi connectivity index (χ1n) is 13.8. The lowest BCUT2D eigenvalue weighted by atomic mass is 9.85. The molecule has 0 bridgehead atoms. The Morgan fingerprint density at radius 2 is 1.73 bits per heavy atom. The van der Waals surface area contributed by atoms with E-state index in [0.717, 1.165) is 38.8 Å². The van der Waals surface area contributed by atoms with Crippen molar-refractivity contribution in [2.24, 2.45) is 11.7 Å². The molecular formula is C29H32ClFN8O. The van der Waals surface area contributed by atoms with Crippen LogP contribution in [0.25, 0.3) is 11.2 Å². The molecule has 1 saturated carbocycles. The summed E-state index contributed by atoms with van der Waals surface area (Å²) in [6.07, 6.45) is 6.43. The van der Waals surface area contributed by atoms with E-state index in [4.69, 9.17) is 27.3 Å². The molecule has 0 unspecified atom stereocenters. The molecular weight excluding hydrogens is 531 g/mol. The van der Waals surface area contributed by atoms with Gasteiger partial charge in [-0.05, 0) is 62.8 Å². The molecule has 1 aliphatic heterocycles. The van der Waals surface area contributed by atoms with E-state index in [2.05, 4.69) is 44.8 Å². The molecule has 208 valence electrons. The number of imidazole rings is 1. The average molecular weight is 563 g/mol. The van der Waals surface area contributed by atoms with E-state index in [0.29, 0.717) is 35.9 Å². The SMILES string of the molecule is NC(=O)[C@H]1CC[C@@H](n2c(Nc3c(F)cccc3Cl)nc3cnc(NC4CCN(c5ccccc5)CC4)nc32)CC1. The third kappa shape index (κ3) is 5.40. The van der Waals surface area contributed by atoms with Gasteiger partial charge < -0.3 is 21.3 Å². The first-order chi connectivity index (χ1) is 19.5. The van der Waals surface area contributed by atoms with Crippen molar-refractivity contribution in [3.8, 4) is 0 Å². The largest absolute Gasteiger partial charge is 0.371 e. The summed E-state index contributed by atoms with van der Waals surface area (Å²) < 4.78 is 16.7. The van der Waals surface area contributed by atoms with Gasteiger partial charge in [-0.1, -0.05) is 35.9 Å². The second-order valence-corrected chi connectivity index (χ2v) is 11.0. The minimum atomic E-state index is -0.473. The quantitative estimate of drug-likeness (QED) is 0.266. The third-order valence-electron chi connectivity index (χ3n) is 8.05. The molecule has 2 aromatic heterocycles. The maximum absolute atomic E-state index is 14.7. The van der Waals surface area contributed by atoms with Gasteiger partial charge in [-0.2, -0.15) is 4.98 Å². The number of hydrogen-bond donors (Lipinski definition) is 3. The highest BCUT2D eigenvalue weighted by molar-refractivity contribution is 6.33. The van der Waals surface area contributed by atoms with Gasteiger partial charge in [0, 0.05) is 36.8 Å². The molecule has 1 saturated heterocycles. The van der Waals surface area contributed by atoms with Crippen molar-refractivity contribution in [1.82, 2.24) is 19.5 Å². The minimum Gasteiger partial charge on any atom is -0.371 e. The number of carbonyl (C=O) groups is 1. The summed E-state index contributed by atoms with van der Waals surface area (Å²) in [7, 11) is 0. The molecule has 4 aromatic rings. The van der Waals surface area contributed by atoms with Crippen LogP contribution in [-0.2, 0) is 4.79 Å². The number of anilines is 4. The van der Waals surface area contributed by atoms with Crippen LogP contribution in [0, 0.1) is 11.7 Å². The lowest BCUT2D eigenvalue weighted by Crippen LogP contribution is -2.39.